The molecule has 35 heavy (non-hydrogen) atoms. The Balaban J connectivity index is 0.000000429. The minimum absolute atomic E-state index is 0.0781. The number of alkyl halides is 3. The van der Waals surface area contributed by atoms with Crippen LogP contribution < -0.4 is 4.90 Å². The summed E-state index contributed by atoms with van der Waals surface area (Å²) in [4.78, 5) is 30.5. The molecule has 0 aliphatic carbocycles. The molecule has 3 aromatic rings. The maximum atomic E-state index is 13.0. The summed E-state index contributed by atoms with van der Waals surface area (Å²) in [5.74, 6) is -1.66. The predicted octanol–water partition coefficient (Wildman–Crippen LogP) is 2.99. The third kappa shape index (κ3) is 5.81. The van der Waals surface area contributed by atoms with Gasteiger partial charge in [0.05, 0.1) is 23.8 Å². The highest BCUT2D eigenvalue weighted by atomic mass is 19.4. The van der Waals surface area contributed by atoms with E-state index in [0.29, 0.717) is 13.1 Å². The van der Waals surface area contributed by atoms with Gasteiger partial charge in [0.25, 0.3) is 5.91 Å². The summed E-state index contributed by atoms with van der Waals surface area (Å²) in [6.45, 7) is 4.14. The molecule has 0 spiro atoms. The number of aliphatic carboxylic acids is 1. The molecule has 0 atom stereocenters. The van der Waals surface area contributed by atoms with Gasteiger partial charge in [-0.15, -0.1) is 0 Å². The zero-order valence-corrected chi connectivity index (χ0v) is 19.9. The molecule has 2 aromatic heterocycles. The summed E-state index contributed by atoms with van der Waals surface area (Å²) >= 11 is 0. The number of nitrogens with zero attached hydrogens (tertiary/aromatic N) is 6. The van der Waals surface area contributed by atoms with Crippen molar-refractivity contribution in [3.63, 3.8) is 0 Å². The van der Waals surface area contributed by atoms with E-state index in [-0.39, 0.29) is 5.91 Å². The highest BCUT2D eigenvalue weighted by molar-refractivity contribution is 5.94. The molecule has 1 N–H and O–H groups in total. The van der Waals surface area contributed by atoms with Crippen LogP contribution in [0.2, 0.25) is 0 Å². The van der Waals surface area contributed by atoms with E-state index in [9.17, 15) is 18.0 Å². The predicted molar refractivity (Wildman–Crippen MR) is 123 cm³/mol. The molecular weight excluding hydrogens is 465 g/mol. The Hall–Kier alpha value is -3.83. The number of imidazole rings is 1. The van der Waals surface area contributed by atoms with Crippen LogP contribution in [0.1, 0.15) is 21.7 Å². The molecular formula is C23H27F3N6O3. The number of carboxylic acids is 1. The van der Waals surface area contributed by atoms with Gasteiger partial charge in [-0.05, 0) is 36.8 Å². The molecule has 1 amide bonds. The number of fused-ring (bicyclic) bond motifs is 1. The SMILES string of the molecule is Cc1cnn(C)c1-c1cnc2n1CCN(C(=O)c1ccc(N(C)C)cc1)CC2.O=C(O)C(F)(F)F. The Bertz CT molecular complexity index is 1180. The summed E-state index contributed by atoms with van der Waals surface area (Å²) in [7, 11) is 5.94. The van der Waals surface area contributed by atoms with Crippen LogP contribution in [0.25, 0.3) is 11.4 Å². The zero-order chi connectivity index (χ0) is 25.9. The first-order valence-corrected chi connectivity index (χ1v) is 10.8. The lowest BCUT2D eigenvalue weighted by molar-refractivity contribution is -0.192. The molecule has 4 rings (SSSR count). The summed E-state index contributed by atoms with van der Waals surface area (Å²) in [5.41, 5.74) is 5.09. The summed E-state index contributed by atoms with van der Waals surface area (Å²) in [6, 6.07) is 7.79. The minimum Gasteiger partial charge on any atom is -0.475 e. The number of rotatable bonds is 3. The largest absolute Gasteiger partial charge is 0.490 e. The molecule has 0 unspecified atom stereocenters. The zero-order valence-electron chi connectivity index (χ0n) is 19.9. The number of amides is 1. The molecule has 188 valence electrons. The molecule has 9 nitrogen and oxygen atoms in total. The van der Waals surface area contributed by atoms with E-state index in [4.69, 9.17) is 9.90 Å². The number of anilines is 1. The summed E-state index contributed by atoms with van der Waals surface area (Å²) < 4.78 is 35.9. The van der Waals surface area contributed by atoms with E-state index in [1.807, 2.05) is 72.3 Å². The van der Waals surface area contributed by atoms with E-state index >= 15 is 0 Å². The molecule has 12 heteroatoms. The standard InChI is InChI=1S/C21H26N6O.C2HF3O2/c1-15-13-23-25(4)20(15)18-14-22-19-9-10-26(11-12-27(18)19)21(28)16-5-7-17(8-6-16)24(2)3;3-2(4,5)1(6)7/h5-8,13-14H,9-12H2,1-4H3;(H,6,7). The number of carbonyl (C=O) groups excluding carboxylic acids is 1. The topological polar surface area (TPSA) is 96.5 Å². The van der Waals surface area contributed by atoms with E-state index in [2.05, 4.69) is 21.6 Å². The fourth-order valence-corrected chi connectivity index (χ4v) is 3.82. The number of halogens is 3. The Kier molecular flexibility index (Phi) is 7.51. The van der Waals surface area contributed by atoms with Crippen molar-refractivity contribution in [2.75, 3.05) is 32.1 Å². The maximum absolute atomic E-state index is 13.0. The van der Waals surface area contributed by atoms with E-state index in [1.165, 1.54) is 0 Å². The van der Waals surface area contributed by atoms with Crippen molar-refractivity contribution in [3.8, 4) is 11.4 Å². The van der Waals surface area contributed by atoms with Crippen molar-refractivity contribution in [3.05, 3.63) is 53.6 Å². The van der Waals surface area contributed by atoms with Gasteiger partial charge in [0, 0.05) is 58.4 Å². The fourth-order valence-electron chi connectivity index (χ4n) is 3.82. The first-order valence-electron chi connectivity index (χ1n) is 10.8. The van der Waals surface area contributed by atoms with Gasteiger partial charge in [0.1, 0.15) is 5.82 Å². The lowest BCUT2D eigenvalue weighted by atomic mass is 10.1. The second-order valence-corrected chi connectivity index (χ2v) is 8.30. The molecule has 0 fully saturated rings. The monoisotopic (exact) mass is 492 g/mol. The van der Waals surface area contributed by atoms with Gasteiger partial charge in [-0.3, -0.25) is 9.48 Å². The van der Waals surface area contributed by atoms with Crippen molar-refractivity contribution in [1.82, 2.24) is 24.2 Å². The second kappa shape index (κ2) is 10.2. The van der Waals surface area contributed by atoms with Gasteiger partial charge in [-0.2, -0.15) is 18.3 Å². The molecule has 0 saturated carbocycles. The average Bonchev–Trinajstić information content (AvgIpc) is 3.26. The second-order valence-electron chi connectivity index (χ2n) is 8.30. The van der Waals surface area contributed by atoms with E-state index < -0.39 is 12.1 Å². The summed E-state index contributed by atoms with van der Waals surface area (Å²) in [5, 5.41) is 11.5. The molecule has 0 bridgehead atoms. The number of hydrogen-bond donors (Lipinski definition) is 1. The Morgan fingerprint density at radius 2 is 1.69 bits per heavy atom. The van der Waals surface area contributed by atoms with Gasteiger partial charge in [-0.1, -0.05) is 0 Å². The third-order valence-corrected chi connectivity index (χ3v) is 5.66. The highest BCUT2D eigenvalue weighted by Crippen LogP contribution is 2.25. The number of benzene rings is 1. The van der Waals surface area contributed by atoms with Crippen LogP contribution in [0.3, 0.4) is 0 Å². The Labute approximate surface area is 200 Å². The Morgan fingerprint density at radius 3 is 2.20 bits per heavy atom. The van der Waals surface area contributed by atoms with Crippen molar-refractivity contribution < 1.29 is 27.9 Å². The normalized spacial score (nSPS) is 13.4. The summed E-state index contributed by atoms with van der Waals surface area (Å²) in [6.07, 6.45) is -0.533. The highest BCUT2D eigenvalue weighted by Gasteiger charge is 2.38. The number of aromatic nitrogens is 4. The first-order chi connectivity index (χ1) is 16.4. The van der Waals surface area contributed by atoms with Gasteiger partial charge in [0.15, 0.2) is 0 Å². The minimum atomic E-state index is -5.08. The molecule has 3 heterocycles. The van der Waals surface area contributed by atoms with Crippen molar-refractivity contribution in [2.45, 2.75) is 26.1 Å². The molecule has 1 aromatic carbocycles. The quantitative estimate of drug-likeness (QED) is 0.604. The van der Waals surface area contributed by atoms with Crippen LogP contribution in [-0.2, 0) is 24.8 Å². The van der Waals surface area contributed by atoms with Crippen LogP contribution in [0.15, 0.2) is 36.7 Å². The lowest BCUT2D eigenvalue weighted by Gasteiger charge is -2.21. The molecule has 1 aliphatic heterocycles. The van der Waals surface area contributed by atoms with Crippen LogP contribution in [0.4, 0.5) is 18.9 Å². The van der Waals surface area contributed by atoms with Crippen LogP contribution in [-0.4, -0.2) is 74.6 Å². The van der Waals surface area contributed by atoms with Crippen molar-refractivity contribution >= 4 is 17.6 Å². The van der Waals surface area contributed by atoms with Gasteiger partial charge in [0.2, 0.25) is 0 Å². The van der Waals surface area contributed by atoms with Crippen LogP contribution in [0, 0.1) is 6.92 Å². The van der Waals surface area contributed by atoms with Gasteiger partial charge < -0.3 is 19.5 Å². The van der Waals surface area contributed by atoms with E-state index in [0.717, 1.165) is 47.0 Å². The number of carboxylic acid groups (broad SMARTS) is 1. The fraction of sp³-hybridized carbons (Fsp3) is 0.391. The first kappa shape index (κ1) is 25.8. The van der Waals surface area contributed by atoms with Crippen LogP contribution in [0.5, 0.6) is 0 Å². The molecule has 0 radical (unpaired) electrons. The van der Waals surface area contributed by atoms with Crippen molar-refractivity contribution in [2.24, 2.45) is 7.05 Å². The van der Waals surface area contributed by atoms with Crippen molar-refractivity contribution in [1.29, 1.82) is 0 Å². The number of hydrogen-bond acceptors (Lipinski definition) is 5. The average molecular weight is 493 g/mol. The number of carbonyl (C=O) groups is 2. The molecule has 0 saturated heterocycles. The van der Waals surface area contributed by atoms with E-state index in [1.54, 1.807) is 0 Å². The van der Waals surface area contributed by atoms with Crippen LogP contribution >= 0.6 is 0 Å². The van der Waals surface area contributed by atoms with Gasteiger partial charge in [-0.25, -0.2) is 9.78 Å². The molecule has 1 aliphatic rings. The van der Waals surface area contributed by atoms with Gasteiger partial charge >= 0.3 is 12.1 Å². The smallest absolute Gasteiger partial charge is 0.475 e. The Morgan fingerprint density at radius 1 is 1.06 bits per heavy atom. The maximum Gasteiger partial charge on any atom is 0.490 e. The lowest BCUT2D eigenvalue weighted by Crippen LogP contribution is -2.33. The third-order valence-electron chi connectivity index (χ3n) is 5.66. The number of aryl methyl sites for hydroxylation is 2.